The van der Waals surface area contributed by atoms with Crippen molar-refractivity contribution in [2.75, 3.05) is 41.7 Å². The smallest absolute Gasteiger partial charge is 0.330 e. The first-order valence-electron chi connectivity index (χ1n) is 16.4. The third-order valence-electron chi connectivity index (χ3n) is 7.88. The average molecular weight is 731 g/mol. The van der Waals surface area contributed by atoms with E-state index in [0.717, 1.165) is 5.56 Å². The van der Waals surface area contributed by atoms with Crippen molar-refractivity contribution >= 4 is 24.1 Å². The number of rotatable bonds is 18. The van der Waals surface area contributed by atoms with Gasteiger partial charge in [0, 0.05) is 12.2 Å². The Bertz CT molecular complexity index is 1920. The van der Waals surface area contributed by atoms with Gasteiger partial charge in [-0.1, -0.05) is 24.3 Å². The van der Waals surface area contributed by atoms with E-state index in [-0.39, 0.29) is 59.0 Å². The Hall–Kier alpha value is -6.34. The number of phenols is 3. The second-order valence-electron chi connectivity index (χ2n) is 11.4. The fourth-order valence-electron chi connectivity index (χ4n) is 5.06. The fourth-order valence-corrected chi connectivity index (χ4v) is 5.06. The lowest BCUT2D eigenvalue weighted by atomic mass is 10.0. The van der Waals surface area contributed by atoms with E-state index < -0.39 is 24.1 Å². The number of aliphatic hydroxyl groups excluding tert-OH is 1. The zero-order valence-corrected chi connectivity index (χ0v) is 29.7. The Labute approximate surface area is 306 Å². The highest BCUT2D eigenvalue weighted by Crippen LogP contribution is 2.35. The van der Waals surface area contributed by atoms with Gasteiger partial charge in [0.25, 0.3) is 0 Å². The van der Waals surface area contributed by atoms with Crippen molar-refractivity contribution in [2.45, 2.75) is 25.0 Å². The van der Waals surface area contributed by atoms with E-state index in [2.05, 4.69) is 0 Å². The standard InChI is InChI=1S/C40H42O13/c1-47-32-16-12-28(23-31(32)43)40(46)37(24-52-39(45)18-11-27-8-14-30(42)35(21-27)49-3)53-33-15-9-25(22-36(33)50-4)6-5-19-51-38(44)17-10-26-7-13-29(41)34(20-26)48-2/h7-18,20-23,37,40-43,46H,5-6,19,24H2,1-4H3/b17-10+,18-11+/t37-,40+/m0/s1. The lowest BCUT2D eigenvalue weighted by molar-refractivity contribution is -0.142. The third-order valence-corrected chi connectivity index (χ3v) is 7.88. The number of esters is 2. The van der Waals surface area contributed by atoms with E-state index in [1.807, 2.05) is 0 Å². The molecule has 0 heterocycles. The van der Waals surface area contributed by atoms with Crippen molar-refractivity contribution < 1.29 is 63.2 Å². The van der Waals surface area contributed by atoms with Crippen molar-refractivity contribution in [3.8, 4) is 46.0 Å². The number of aliphatic hydroxyl groups is 1. The second-order valence-corrected chi connectivity index (χ2v) is 11.4. The first-order chi connectivity index (χ1) is 25.5. The summed E-state index contributed by atoms with van der Waals surface area (Å²) in [4.78, 5) is 24.9. The van der Waals surface area contributed by atoms with Crippen LogP contribution in [0.1, 0.15) is 34.8 Å². The van der Waals surface area contributed by atoms with Crippen molar-refractivity contribution in [1.29, 1.82) is 0 Å². The summed E-state index contributed by atoms with van der Waals surface area (Å²) in [6.07, 6.45) is 4.05. The van der Waals surface area contributed by atoms with E-state index in [1.165, 1.54) is 70.9 Å². The van der Waals surface area contributed by atoms with Crippen LogP contribution in [0.4, 0.5) is 0 Å². The number of aryl methyl sites for hydroxylation is 1. The Morgan fingerprint density at radius 2 is 1.19 bits per heavy atom. The van der Waals surface area contributed by atoms with Gasteiger partial charge in [0.2, 0.25) is 0 Å². The van der Waals surface area contributed by atoms with Crippen LogP contribution in [0.25, 0.3) is 12.2 Å². The lowest BCUT2D eigenvalue weighted by Gasteiger charge is -2.25. The number of phenolic OH excluding ortho intramolecular Hbond substituents is 3. The Morgan fingerprint density at radius 3 is 1.75 bits per heavy atom. The first-order valence-corrected chi connectivity index (χ1v) is 16.4. The SMILES string of the molecule is COc1ccc([C@@H](O)[C@H](COC(=O)/C=C/c2ccc(O)c(OC)c2)Oc2ccc(CCCOC(=O)/C=C/c3ccc(O)c(OC)c3)cc2OC)cc1O. The fraction of sp³-hybridized carbons (Fsp3) is 0.250. The summed E-state index contributed by atoms with van der Waals surface area (Å²) in [6, 6.07) is 18.8. The molecule has 0 saturated heterocycles. The molecular formula is C40H42O13. The maximum atomic E-state index is 12.7. The molecule has 4 N–H and O–H groups in total. The number of hydrogen-bond donors (Lipinski definition) is 4. The summed E-state index contributed by atoms with van der Waals surface area (Å²) in [5.41, 5.74) is 2.37. The zero-order chi connectivity index (χ0) is 38.3. The quantitative estimate of drug-likeness (QED) is 0.0552. The molecular weight excluding hydrogens is 688 g/mol. The highest BCUT2D eigenvalue weighted by molar-refractivity contribution is 5.87. The van der Waals surface area contributed by atoms with E-state index >= 15 is 0 Å². The third kappa shape index (κ3) is 11.3. The summed E-state index contributed by atoms with van der Waals surface area (Å²) >= 11 is 0. The minimum absolute atomic E-state index is 0.00449. The van der Waals surface area contributed by atoms with Crippen LogP contribution in [0.15, 0.2) is 84.9 Å². The number of benzene rings is 4. The van der Waals surface area contributed by atoms with Crippen LogP contribution in [0.3, 0.4) is 0 Å². The summed E-state index contributed by atoms with van der Waals surface area (Å²) < 4.78 is 37.8. The van der Waals surface area contributed by atoms with Gasteiger partial charge < -0.3 is 53.6 Å². The van der Waals surface area contributed by atoms with Crippen LogP contribution in [-0.2, 0) is 25.5 Å². The molecule has 0 aliphatic rings. The predicted molar refractivity (Wildman–Crippen MR) is 195 cm³/mol. The van der Waals surface area contributed by atoms with Crippen LogP contribution >= 0.6 is 0 Å². The van der Waals surface area contributed by atoms with Crippen molar-refractivity contribution in [2.24, 2.45) is 0 Å². The Morgan fingerprint density at radius 1 is 0.623 bits per heavy atom. The molecule has 0 radical (unpaired) electrons. The summed E-state index contributed by atoms with van der Waals surface area (Å²) in [6.45, 7) is -0.229. The van der Waals surface area contributed by atoms with Gasteiger partial charge in [0.15, 0.2) is 52.1 Å². The zero-order valence-electron chi connectivity index (χ0n) is 29.7. The number of methoxy groups -OCH3 is 4. The summed E-state index contributed by atoms with van der Waals surface area (Å²) in [5.74, 6) is -0.174. The van der Waals surface area contributed by atoms with Crippen LogP contribution < -0.4 is 23.7 Å². The maximum Gasteiger partial charge on any atom is 0.330 e. The summed E-state index contributed by atoms with van der Waals surface area (Å²) in [5, 5.41) is 41.2. The molecule has 0 saturated carbocycles. The number of ether oxygens (including phenoxy) is 7. The highest BCUT2D eigenvalue weighted by atomic mass is 16.6. The molecule has 0 aliphatic heterocycles. The minimum Gasteiger partial charge on any atom is -0.504 e. The van der Waals surface area contributed by atoms with E-state index in [1.54, 1.807) is 54.6 Å². The van der Waals surface area contributed by atoms with Crippen LogP contribution in [0.2, 0.25) is 0 Å². The molecule has 4 rings (SSSR count). The minimum atomic E-state index is -1.37. The molecule has 0 unspecified atom stereocenters. The molecule has 0 aliphatic carbocycles. The molecule has 0 bridgehead atoms. The van der Waals surface area contributed by atoms with Crippen molar-refractivity contribution in [3.63, 3.8) is 0 Å². The van der Waals surface area contributed by atoms with E-state index in [9.17, 15) is 30.0 Å². The molecule has 4 aromatic carbocycles. The normalized spacial score (nSPS) is 12.2. The monoisotopic (exact) mass is 730 g/mol. The van der Waals surface area contributed by atoms with Crippen molar-refractivity contribution in [3.05, 3.63) is 107 Å². The van der Waals surface area contributed by atoms with Crippen molar-refractivity contribution in [1.82, 2.24) is 0 Å². The molecule has 0 aromatic heterocycles. The molecule has 53 heavy (non-hydrogen) atoms. The van der Waals surface area contributed by atoms with E-state index in [0.29, 0.717) is 29.7 Å². The van der Waals surface area contributed by atoms with Gasteiger partial charge in [0.05, 0.1) is 35.0 Å². The van der Waals surface area contributed by atoms with Crippen LogP contribution in [0.5, 0.6) is 46.0 Å². The number of hydrogen-bond acceptors (Lipinski definition) is 13. The van der Waals surface area contributed by atoms with Gasteiger partial charge in [-0.3, -0.25) is 0 Å². The molecule has 13 nitrogen and oxygen atoms in total. The Balaban J connectivity index is 1.40. The van der Waals surface area contributed by atoms with Crippen LogP contribution in [0, 0.1) is 0 Å². The number of aromatic hydroxyl groups is 3. The van der Waals surface area contributed by atoms with E-state index in [4.69, 9.17) is 33.2 Å². The Kier molecular flexibility index (Phi) is 14.4. The maximum absolute atomic E-state index is 12.7. The van der Waals surface area contributed by atoms with Gasteiger partial charge in [-0.2, -0.15) is 0 Å². The number of carbonyl (C=O) groups excluding carboxylic acids is 2. The predicted octanol–water partition coefficient (Wildman–Crippen LogP) is 5.76. The first kappa shape index (κ1) is 39.4. The highest BCUT2D eigenvalue weighted by Gasteiger charge is 2.27. The summed E-state index contributed by atoms with van der Waals surface area (Å²) in [7, 11) is 5.70. The van der Waals surface area contributed by atoms with Gasteiger partial charge >= 0.3 is 11.9 Å². The van der Waals surface area contributed by atoms with Gasteiger partial charge in [0.1, 0.15) is 12.7 Å². The molecule has 13 heteroatoms. The lowest BCUT2D eigenvalue weighted by Crippen LogP contribution is -2.31. The molecule has 0 fully saturated rings. The van der Waals surface area contributed by atoms with Gasteiger partial charge in [-0.05, 0) is 95.8 Å². The number of carbonyl (C=O) groups is 2. The average Bonchev–Trinajstić information content (AvgIpc) is 3.17. The molecule has 4 aromatic rings. The molecule has 280 valence electrons. The second kappa shape index (κ2) is 19.3. The topological polar surface area (TPSA) is 180 Å². The molecule has 2 atom stereocenters. The van der Waals surface area contributed by atoms with Gasteiger partial charge in [-0.25, -0.2) is 9.59 Å². The molecule has 0 spiro atoms. The van der Waals surface area contributed by atoms with Gasteiger partial charge in [-0.15, -0.1) is 0 Å². The molecule has 0 amide bonds. The van der Waals surface area contributed by atoms with Crippen LogP contribution in [-0.4, -0.2) is 80.1 Å². The largest absolute Gasteiger partial charge is 0.504 e.